The first-order valence-corrected chi connectivity index (χ1v) is 8.17. The maximum Gasteiger partial charge on any atom is 0.0870 e. The van der Waals surface area contributed by atoms with E-state index in [-0.39, 0.29) is 6.61 Å². The lowest BCUT2D eigenvalue weighted by Gasteiger charge is -2.37. The summed E-state index contributed by atoms with van der Waals surface area (Å²) < 4.78 is 11.3. The normalized spacial score (nSPS) is 26.2. The van der Waals surface area contributed by atoms with Crippen LogP contribution < -0.4 is 0 Å². The molecule has 122 valence electrons. The zero-order chi connectivity index (χ0) is 15.2. The van der Waals surface area contributed by atoms with Gasteiger partial charge in [0, 0.05) is 32.7 Å². The highest BCUT2D eigenvalue weighted by atomic mass is 16.5. The number of aliphatic hydroxyl groups is 1. The van der Waals surface area contributed by atoms with Crippen molar-refractivity contribution in [3.63, 3.8) is 0 Å². The minimum Gasteiger partial charge on any atom is -0.394 e. The van der Waals surface area contributed by atoms with E-state index in [1.54, 1.807) is 0 Å². The standard InChI is InChI=1S/C17H26N2O3/c20-8-11-21-9-6-18-13-16-17(14-18)22-10-7-19(16)12-15-4-2-1-3-5-15/h1-5,16-17,20H,6-14H2. The largest absolute Gasteiger partial charge is 0.394 e. The molecule has 0 amide bonds. The van der Waals surface area contributed by atoms with Crippen LogP contribution in [0, 0.1) is 0 Å². The molecule has 1 N–H and O–H groups in total. The van der Waals surface area contributed by atoms with Gasteiger partial charge in [0.2, 0.25) is 0 Å². The van der Waals surface area contributed by atoms with Crippen LogP contribution in [0.4, 0.5) is 0 Å². The Morgan fingerprint density at radius 2 is 2.05 bits per heavy atom. The van der Waals surface area contributed by atoms with Crippen molar-refractivity contribution in [1.82, 2.24) is 9.80 Å². The van der Waals surface area contributed by atoms with Crippen molar-refractivity contribution in [3.05, 3.63) is 35.9 Å². The number of fused-ring (bicyclic) bond motifs is 1. The lowest BCUT2D eigenvalue weighted by molar-refractivity contribution is -0.0505. The SMILES string of the molecule is OCCOCCN1CC2OCCN(Cc3ccccc3)C2C1. The van der Waals surface area contributed by atoms with E-state index in [2.05, 4.69) is 40.1 Å². The van der Waals surface area contributed by atoms with Gasteiger partial charge < -0.3 is 14.6 Å². The van der Waals surface area contributed by atoms with Gasteiger partial charge in [0.05, 0.1) is 38.6 Å². The number of hydrogen-bond donors (Lipinski definition) is 1. The maximum absolute atomic E-state index is 8.74. The molecule has 3 rings (SSSR count). The van der Waals surface area contributed by atoms with Crippen LogP contribution in [0.5, 0.6) is 0 Å². The van der Waals surface area contributed by atoms with Crippen molar-refractivity contribution < 1.29 is 14.6 Å². The van der Waals surface area contributed by atoms with Gasteiger partial charge in [0.1, 0.15) is 0 Å². The Hall–Kier alpha value is -0.980. The molecule has 2 atom stereocenters. The van der Waals surface area contributed by atoms with Gasteiger partial charge >= 0.3 is 0 Å². The van der Waals surface area contributed by atoms with Gasteiger partial charge in [0.25, 0.3) is 0 Å². The molecular formula is C17H26N2O3. The van der Waals surface area contributed by atoms with Crippen LogP contribution in [-0.2, 0) is 16.0 Å². The first-order valence-electron chi connectivity index (χ1n) is 8.17. The topological polar surface area (TPSA) is 45.2 Å². The van der Waals surface area contributed by atoms with Crippen LogP contribution in [0.25, 0.3) is 0 Å². The Morgan fingerprint density at radius 1 is 1.18 bits per heavy atom. The quantitative estimate of drug-likeness (QED) is 0.747. The molecule has 2 aliphatic rings. The average molecular weight is 306 g/mol. The highest BCUT2D eigenvalue weighted by Crippen LogP contribution is 2.24. The molecule has 22 heavy (non-hydrogen) atoms. The molecule has 5 nitrogen and oxygen atoms in total. The van der Waals surface area contributed by atoms with Gasteiger partial charge in [-0.2, -0.15) is 0 Å². The fraction of sp³-hybridized carbons (Fsp3) is 0.647. The summed E-state index contributed by atoms with van der Waals surface area (Å²) in [5.74, 6) is 0. The molecule has 1 aromatic rings. The molecule has 0 radical (unpaired) electrons. The van der Waals surface area contributed by atoms with Crippen LogP contribution >= 0.6 is 0 Å². The highest BCUT2D eigenvalue weighted by molar-refractivity contribution is 5.15. The predicted molar refractivity (Wildman–Crippen MR) is 84.7 cm³/mol. The Morgan fingerprint density at radius 3 is 2.86 bits per heavy atom. The fourth-order valence-electron chi connectivity index (χ4n) is 3.39. The number of morpholine rings is 1. The smallest absolute Gasteiger partial charge is 0.0870 e. The Kier molecular flexibility index (Phi) is 5.81. The molecule has 0 aliphatic carbocycles. The van der Waals surface area contributed by atoms with E-state index >= 15 is 0 Å². The Bertz CT molecular complexity index is 443. The summed E-state index contributed by atoms with van der Waals surface area (Å²) in [5, 5.41) is 8.74. The van der Waals surface area contributed by atoms with Crippen molar-refractivity contribution >= 4 is 0 Å². The lowest BCUT2D eigenvalue weighted by Crippen LogP contribution is -2.50. The number of ether oxygens (including phenoxy) is 2. The van der Waals surface area contributed by atoms with Gasteiger partial charge in [-0.1, -0.05) is 30.3 Å². The molecule has 2 saturated heterocycles. The zero-order valence-electron chi connectivity index (χ0n) is 13.1. The van der Waals surface area contributed by atoms with Crippen LogP contribution in [0.15, 0.2) is 30.3 Å². The van der Waals surface area contributed by atoms with Crippen molar-refractivity contribution in [2.75, 3.05) is 52.6 Å². The third kappa shape index (κ3) is 4.06. The molecule has 2 unspecified atom stereocenters. The van der Waals surface area contributed by atoms with E-state index in [9.17, 15) is 0 Å². The first-order chi connectivity index (χ1) is 10.9. The zero-order valence-corrected chi connectivity index (χ0v) is 13.1. The van der Waals surface area contributed by atoms with Crippen LogP contribution in [-0.4, -0.2) is 79.7 Å². The lowest BCUT2D eigenvalue weighted by atomic mass is 10.1. The predicted octanol–water partition coefficient (Wildman–Crippen LogP) is 0.581. The molecular weight excluding hydrogens is 280 g/mol. The average Bonchev–Trinajstić information content (AvgIpc) is 2.97. The van der Waals surface area contributed by atoms with Crippen LogP contribution in [0.2, 0.25) is 0 Å². The molecule has 0 aromatic heterocycles. The van der Waals surface area contributed by atoms with Crippen molar-refractivity contribution in [2.24, 2.45) is 0 Å². The minimum atomic E-state index is 0.0964. The summed E-state index contributed by atoms with van der Waals surface area (Å²) in [4.78, 5) is 4.97. The van der Waals surface area contributed by atoms with E-state index in [0.717, 1.165) is 39.3 Å². The third-order valence-corrected chi connectivity index (χ3v) is 4.51. The number of rotatable bonds is 7. The summed E-state index contributed by atoms with van der Waals surface area (Å²) in [5.41, 5.74) is 1.37. The summed E-state index contributed by atoms with van der Waals surface area (Å²) in [7, 11) is 0. The number of nitrogens with zero attached hydrogens (tertiary/aromatic N) is 2. The number of likely N-dealkylation sites (tertiary alicyclic amines) is 1. The van der Waals surface area contributed by atoms with Crippen LogP contribution in [0.1, 0.15) is 5.56 Å². The molecule has 2 fully saturated rings. The van der Waals surface area contributed by atoms with E-state index in [4.69, 9.17) is 14.6 Å². The number of hydrogen-bond acceptors (Lipinski definition) is 5. The fourth-order valence-corrected chi connectivity index (χ4v) is 3.39. The van der Waals surface area contributed by atoms with Gasteiger partial charge in [-0.25, -0.2) is 0 Å². The second kappa shape index (κ2) is 8.04. The first kappa shape index (κ1) is 15.9. The summed E-state index contributed by atoms with van der Waals surface area (Å²) in [6.07, 6.45) is 0.315. The molecule has 1 aromatic carbocycles. The Balaban J connectivity index is 1.52. The van der Waals surface area contributed by atoms with Crippen molar-refractivity contribution in [2.45, 2.75) is 18.7 Å². The Labute approximate surface area is 132 Å². The van der Waals surface area contributed by atoms with E-state index in [0.29, 0.717) is 25.4 Å². The second-order valence-corrected chi connectivity index (χ2v) is 6.03. The van der Waals surface area contributed by atoms with Gasteiger partial charge in [-0.3, -0.25) is 9.80 Å². The summed E-state index contributed by atoms with van der Waals surface area (Å²) in [6, 6.07) is 11.1. The molecule has 0 bridgehead atoms. The number of benzene rings is 1. The van der Waals surface area contributed by atoms with E-state index in [1.807, 2.05) is 0 Å². The highest BCUT2D eigenvalue weighted by Gasteiger charge is 2.39. The molecule has 0 saturated carbocycles. The molecule has 0 spiro atoms. The van der Waals surface area contributed by atoms with Gasteiger partial charge in [-0.15, -0.1) is 0 Å². The maximum atomic E-state index is 8.74. The summed E-state index contributed by atoms with van der Waals surface area (Å²) >= 11 is 0. The van der Waals surface area contributed by atoms with Crippen LogP contribution in [0.3, 0.4) is 0 Å². The second-order valence-electron chi connectivity index (χ2n) is 6.03. The molecule has 5 heteroatoms. The van der Waals surface area contributed by atoms with Gasteiger partial charge in [0.15, 0.2) is 0 Å². The van der Waals surface area contributed by atoms with E-state index in [1.165, 1.54) is 5.56 Å². The minimum absolute atomic E-state index is 0.0964. The monoisotopic (exact) mass is 306 g/mol. The van der Waals surface area contributed by atoms with Crippen molar-refractivity contribution in [3.8, 4) is 0 Å². The van der Waals surface area contributed by atoms with Crippen molar-refractivity contribution in [1.29, 1.82) is 0 Å². The van der Waals surface area contributed by atoms with E-state index < -0.39 is 0 Å². The third-order valence-electron chi connectivity index (χ3n) is 4.51. The van der Waals surface area contributed by atoms with Gasteiger partial charge in [-0.05, 0) is 5.56 Å². The molecule has 2 heterocycles. The number of aliphatic hydroxyl groups excluding tert-OH is 1. The summed E-state index contributed by atoms with van der Waals surface area (Å²) in [6.45, 7) is 6.97. The molecule has 2 aliphatic heterocycles.